The second-order valence-corrected chi connectivity index (χ2v) is 4.18. The fourth-order valence-electron chi connectivity index (χ4n) is 1.72. The first kappa shape index (κ1) is 10.3. The summed E-state index contributed by atoms with van der Waals surface area (Å²) in [4.78, 5) is 8.48. The molecule has 0 saturated heterocycles. The van der Waals surface area contributed by atoms with E-state index in [2.05, 4.69) is 9.97 Å². The standard InChI is InChI=1S/C13H9ClN2O/c1-8-4-2-3-5-9(8)12-15-10-6-7-11(14)16-13(10)17-12/h2-7H,1H3. The Labute approximate surface area is 103 Å². The van der Waals surface area contributed by atoms with E-state index in [4.69, 9.17) is 16.0 Å². The van der Waals surface area contributed by atoms with Gasteiger partial charge in [0.1, 0.15) is 10.7 Å². The lowest BCUT2D eigenvalue weighted by Gasteiger charge is -1.98. The number of aryl methyl sites for hydroxylation is 1. The second kappa shape index (κ2) is 3.86. The number of pyridine rings is 1. The number of oxazole rings is 1. The largest absolute Gasteiger partial charge is 0.418 e. The van der Waals surface area contributed by atoms with Crippen LogP contribution >= 0.6 is 11.6 Å². The van der Waals surface area contributed by atoms with Gasteiger partial charge in [-0.25, -0.2) is 4.98 Å². The van der Waals surface area contributed by atoms with Crippen LogP contribution < -0.4 is 0 Å². The Balaban J connectivity index is 2.22. The molecule has 17 heavy (non-hydrogen) atoms. The zero-order chi connectivity index (χ0) is 11.8. The van der Waals surface area contributed by atoms with Gasteiger partial charge in [0.25, 0.3) is 0 Å². The molecule has 2 heterocycles. The number of fused-ring (bicyclic) bond motifs is 1. The van der Waals surface area contributed by atoms with Crippen molar-refractivity contribution < 1.29 is 4.42 Å². The van der Waals surface area contributed by atoms with E-state index in [9.17, 15) is 0 Å². The molecular weight excluding hydrogens is 236 g/mol. The third-order valence-corrected chi connectivity index (χ3v) is 2.81. The summed E-state index contributed by atoms with van der Waals surface area (Å²) in [5.74, 6) is 0.577. The highest BCUT2D eigenvalue weighted by atomic mass is 35.5. The van der Waals surface area contributed by atoms with Gasteiger partial charge < -0.3 is 4.42 Å². The maximum Gasteiger partial charge on any atom is 0.248 e. The average Bonchev–Trinajstić information content (AvgIpc) is 2.72. The maximum atomic E-state index is 5.81. The fourth-order valence-corrected chi connectivity index (χ4v) is 1.86. The second-order valence-electron chi connectivity index (χ2n) is 3.79. The minimum Gasteiger partial charge on any atom is -0.418 e. The quantitative estimate of drug-likeness (QED) is 0.611. The molecule has 0 unspecified atom stereocenters. The van der Waals surface area contributed by atoms with Crippen LogP contribution in [0.1, 0.15) is 5.56 Å². The van der Waals surface area contributed by atoms with Crippen molar-refractivity contribution >= 4 is 22.8 Å². The lowest BCUT2D eigenvalue weighted by atomic mass is 10.1. The molecule has 0 saturated carbocycles. The molecule has 0 amide bonds. The van der Waals surface area contributed by atoms with Crippen molar-refractivity contribution in [2.75, 3.05) is 0 Å². The molecule has 3 nitrogen and oxygen atoms in total. The number of hydrogen-bond donors (Lipinski definition) is 0. The predicted molar refractivity (Wildman–Crippen MR) is 67.0 cm³/mol. The molecule has 0 atom stereocenters. The summed E-state index contributed by atoms with van der Waals surface area (Å²) in [6.07, 6.45) is 0. The Morgan fingerprint density at radius 1 is 1.06 bits per heavy atom. The average molecular weight is 245 g/mol. The van der Waals surface area contributed by atoms with Crippen molar-refractivity contribution in [2.24, 2.45) is 0 Å². The highest BCUT2D eigenvalue weighted by Crippen LogP contribution is 2.26. The Hall–Kier alpha value is -1.87. The Bertz CT molecular complexity index is 691. The van der Waals surface area contributed by atoms with Crippen LogP contribution in [0.3, 0.4) is 0 Å². The predicted octanol–water partition coefficient (Wildman–Crippen LogP) is 3.85. The summed E-state index contributed by atoms with van der Waals surface area (Å²) in [5.41, 5.74) is 3.27. The van der Waals surface area contributed by atoms with Gasteiger partial charge in [0.2, 0.25) is 11.6 Å². The number of benzene rings is 1. The van der Waals surface area contributed by atoms with Crippen molar-refractivity contribution in [1.29, 1.82) is 0 Å². The highest BCUT2D eigenvalue weighted by molar-refractivity contribution is 6.29. The zero-order valence-electron chi connectivity index (χ0n) is 9.14. The topological polar surface area (TPSA) is 38.9 Å². The van der Waals surface area contributed by atoms with Crippen molar-refractivity contribution in [2.45, 2.75) is 6.92 Å². The molecule has 84 valence electrons. The first-order chi connectivity index (χ1) is 8.24. The summed E-state index contributed by atoms with van der Waals surface area (Å²) < 4.78 is 5.61. The normalized spacial score (nSPS) is 10.9. The van der Waals surface area contributed by atoms with E-state index in [1.54, 1.807) is 12.1 Å². The van der Waals surface area contributed by atoms with Gasteiger partial charge >= 0.3 is 0 Å². The highest BCUT2D eigenvalue weighted by Gasteiger charge is 2.10. The van der Waals surface area contributed by atoms with Gasteiger partial charge in [-0.15, -0.1) is 0 Å². The summed E-state index contributed by atoms with van der Waals surface area (Å²) in [7, 11) is 0. The minimum absolute atomic E-state index is 0.407. The van der Waals surface area contributed by atoms with Crippen LogP contribution in [0.4, 0.5) is 0 Å². The molecule has 0 N–H and O–H groups in total. The lowest BCUT2D eigenvalue weighted by Crippen LogP contribution is -1.81. The van der Waals surface area contributed by atoms with Crippen LogP contribution in [0.25, 0.3) is 22.7 Å². The Morgan fingerprint density at radius 2 is 1.88 bits per heavy atom. The molecule has 0 bridgehead atoms. The Morgan fingerprint density at radius 3 is 2.71 bits per heavy atom. The summed E-state index contributed by atoms with van der Waals surface area (Å²) in [6, 6.07) is 11.4. The van der Waals surface area contributed by atoms with E-state index in [1.165, 1.54) is 0 Å². The third-order valence-electron chi connectivity index (χ3n) is 2.60. The molecular formula is C13H9ClN2O. The molecule has 0 aliphatic rings. The number of rotatable bonds is 1. The van der Waals surface area contributed by atoms with Crippen LogP contribution in [0.2, 0.25) is 5.15 Å². The molecule has 2 aromatic heterocycles. The maximum absolute atomic E-state index is 5.81. The first-order valence-electron chi connectivity index (χ1n) is 5.23. The van der Waals surface area contributed by atoms with Crippen molar-refractivity contribution in [1.82, 2.24) is 9.97 Å². The van der Waals surface area contributed by atoms with E-state index in [0.29, 0.717) is 22.3 Å². The molecule has 0 aliphatic heterocycles. The van der Waals surface area contributed by atoms with Crippen LogP contribution in [-0.2, 0) is 0 Å². The molecule has 0 fully saturated rings. The number of halogens is 1. The zero-order valence-corrected chi connectivity index (χ0v) is 9.90. The van der Waals surface area contributed by atoms with Gasteiger partial charge in [0.15, 0.2) is 0 Å². The molecule has 0 radical (unpaired) electrons. The summed E-state index contributed by atoms with van der Waals surface area (Å²) >= 11 is 5.81. The first-order valence-corrected chi connectivity index (χ1v) is 5.61. The van der Waals surface area contributed by atoms with E-state index < -0.39 is 0 Å². The molecule has 0 aliphatic carbocycles. The fraction of sp³-hybridized carbons (Fsp3) is 0.0769. The van der Waals surface area contributed by atoms with E-state index in [-0.39, 0.29) is 0 Å². The smallest absolute Gasteiger partial charge is 0.248 e. The van der Waals surface area contributed by atoms with Gasteiger partial charge in [-0.1, -0.05) is 29.8 Å². The van der Waals surface area contributed by atoms with Crippen molar-refractivity contribution in [3.05, 3.63) is 47.1 Å². The van der Waals surface area contributed by atoms with Crippen LogP contribution in [0, 0.1) is 6.92 Å². The number of aromatic nitrogens is 2. The van der Waals surface area contributed by atoms with Gasteiger partial charge in [-0.2, -0.15) is 4.98 Å². The van der Waals surface area contributed by atoms with Gasteiger partial charge in [-0.3, -0.25) is 0 Å². The molecule has 4 heteroatoms. The summed E-state index contributed by atoms with van der Waals surface area (Å²) in [5, 5.41) is 0.407. The number of hydrogen-bond acceptors (Lipinski definition) is 3. The van der Waals surface area contributed by atoms with Crippen LogP contribution in [0.5, 0.6) is 0 Å². The van der Waals surface area contributed by atoms with Gasteiger partial charge in [0, 0.05) is 5.56 Å². The molecule has 1 aromatic carbocycles. The van der Waals surface area contributed by atoms with E-state index in [0.717, 1.165) is 11.1 Å². The van der Waals surface area contributed by atoms with Crippen LogP contribution in [-0.4, -0.2) is 9.97 Å². The number of nitrogens with zero attached hydrogens (tertiary/aromatic N) is 2. The SMILES string of the molecule is Cc1ccccc1-c1nc2ccc(Cl)nc2o1. The van der Waals surface area contributed by atoms with E-state index in [1.807, 2.05) is 31.2 Å². The molecule has 0 spiro atoms. The Kier molecular flexibility index (Phi) is 2.34. The molecule has 3 rings (SSSR count). The van der Waals surface area contributed by atoms with Crippen molar-refractivity contribution in [3.8, 4) is 11.5 Å². The lowest BCUT2D eigenvalue weighted by molar-refractivity contribution is 0.607. The minimum atomic E-state index is 0.407. The summed E-state index contributed by atoms with van der Waals surface area (Å²) in [6.45, 7) is 2.02. The van der Waals surface area contributed by atoms with Crippen LogP contribution in [0.15, 0.2) is 40.8 Å². The third kappa shape index (κ3) is 1.78. The monoisotopic (exact) mass is 244 g/mol. The molecule has 3 aromatic rings. The van der Waals surface area contributed by atoms with Gasteiger partial charge in [0.05, 0.1) is 0 Å². The van der Waals surface area contributed by atoms with Crippen molar-refractivity contribution in [3.63, 3.8) is 0 Å². The van der Waals surface area contributed by atoms with Gasteiger partial charge in [-0.05, 0) is 30.7 Å². The van der Waals surface area contributed by atoms with E-state index >= 15 is 0 Å².